The van der Waals surface area contributed by atoms with Crippen molar-refractivity contribution < 1.29 is 13.9 Å². The fourth-order valence-electron chi connectivity index (χ4n) is 2.66. The maximum Gasteiger partial charge on any atom is 0.291 e. The molecule has 0 fully saturated rings. The number of anilines is 1. The van der Waals surface area contributed by atoms with Crippen molar-refractivity contribution >= 4 is 22.6 Å². The average Bonchev–Trinajstić information content (AvgIpc) is 3.30. The summed E-state index contributed by atoms with van der Waals surface area (Å²) in [5.41, 5.74) is 2.45. The number of methoxy groups -OCH3 is 1. The van der Waals surface area contributed by atoms with Crippen molar-refractivity contribution in [1.82, 2.24) is 14.5 Å². The molecule has 26 heavy (non-hydrogen) atoms. The Bertz CT molecular complexity index is 1050. The Morgan fingerprint density at radius 1 is 1.15 bits per heavy atom. The molecule has 7 nitrogen and oxygen atoms in total. The molecular weight excluding hydrogens is 332 g/mol. The Morgan fingerprint density at radius 2 is 2.04 bits per heavy atom. The van der Waals surface area contributed by atoms with Crippen molar-refractivity contribution in [3.8, 4) is 5.82 Å². The van der Waals surface area contributed by atoms with E-state index in [4.69, 9.17) is 9.15 Å². The van der Waals surface area contributed by atoms with Gasteiger partial charge >= 0.3 is 0 Å². The van der Waals surface area contributed by atoms with Gasteiger partial charge in [-0.25, -0.2) is 9.97 Å². The van der Waals surface area contributed by atoms with Crippen LogP contribution < -0.4 is 5.32 Å². The molecule has 4 rings (SSSR count). The van der Waals surface area contributed by atoms with Gasteiger partial charge in [0, 0.05) is 7.11 Å². The second-order valence-electron chi connectivity index (χ2n) is 5.66. The Balaban J connectivity index is 1.51. The maximum absolute atomic E-state index is 12.2. The lowest BCUT2D eigenvalue weighted by Gasteiger charge is -2.06. The third-order valence-electron chi connectivity index (χ3n) is 3.88. The molecule has 1 aromatic carbocycles. The molecule has 0 aliphatic carbocycles. The molecule has 0 unspecified atom stereocenters. The topological polar surface area (TPSA) is 82.2 Å². The number of carbonyl (C=O) groups excluding carboxylic acids is 1. The van der Waals surface area contributed by atoms with E-state index in [0.717, 1.165) is 16.9 Å². The van der Waals surface area contributed by atoms with Crippen LogP contribution in [0.25, 0.3) is 16.9 Å². The minimum absolute atomic E-state index is 0.224. The molecule has 0 aliphatic heterocycles. The fraction of sp³-hybridized carbons (Fsp3) is 0.105. The molecule has 7 heteroatoms. The normalized spacial score (nSPS) is 11.0. The summed E-state index contributed by atoms with van der Waals surface area (Å²) in [4.78, 5) is 21.0. The molecule has 0 spiro atoms. The zero-order valence-corrected chi connectivity index (χ0v) is 14.0. The van der Waals surface area contributed by atoms with E-state index in [-0.39, 0.29) is 11.7 Å². The van der Waals surface area contributed by atoms with Gasteiger partial charge in [0.2, 0.25) is 0 Å². The van der Waals surface area contributed by atoms with Crippen molar-refractivity contribution in [2.45, 2.75) is 6.61 Å². The first-order valence-corrected chi connectivity index (χ1v) is 8.02. The van der Waals surface area contributed by atoms with Gasteiger partial charge in [0.1, 0.15) is 24.5 Å². The molecule has 130 valence electrons. The summed E-state index contributed by atoms with van der Waals surface area (Å²) in [6.07, 6.45) is 3.33. The standard InChI is InChI=1S/C19H16N4O3/c1-25-11-14-7-8-17(26-14)19(24)22-13-6-9-18(20-10-13)23-12-21-15-4-2-3-5-16(15)23/h2-10,12H,11H2,1H3,(H,22,24). The zero-order valence-electron chi connectivity index (χ0n) is 14.0. The summed E-state index contributed by atoms with van der Waals surface area (Å²) in [6.45, 7) is 0.322. The molecule has 0 saturated heterocycles. The van der Waals surface area contributed by atoms with E-state index in [9.17, 15) is 4.79 Å². The van der Waals surface area contributed by atoms with Gasteiger partial charge < -0.3 is 14.5 Å². The van der Waals surface area contributed by atoms with Crippen LogP contribution >= 0.6 is 0 Å². The minimum Gasteiger partial charge on any atom is -0.453 e. The summed E-state index contributed by atoms with van der Waals surface area (Å²) in [5, 5.41) is 2.76. The van der Waals surface area contributed by atoms with Crippen molar-refractivity contribution in [3.63, 3.8) is 0 Å². The van der Waals surface area contributed by atoms with Crippen LogP contribution in [0.1, 0.15) is 16.3 Å². The predicted octanol–water partition coefficient (Wildman–Crippen LogP) is 3.41. The van der Waals surface area contributed by atoms with Crippen LogP contribution in [-0.2, 0) is 11.3 Å². The van der Waals surface area contributed by atoms with Crippen molar-refractivity contribution in [1.29, 1.82) is 0 Å². The van der Waals surface area contributed by atoms with Crippen LogP contribution in [0.4, 0.5) is 5.69 Å². The van der Waals surface area contributed by atoms with Gasteiger partial charge in [0.05, 0.1) is 22.9 Å². The summed E-state index contributed by atoms with van der Waals surface area (Å²) in [6, 6.07) is 14.8. The molecular formula is C19H16N4O3. The smallest absolute Gasteiger partial charge is 0.291 e. The largest absolute Gasteiger partial charge is 0.453 e. The maximum atomic E-state index is 12.2. The lowest BCUT2D eigenvalue weighted by atomic mass is 10.3. The number of hydrogen-bond acceptors (Lipinski definition) is 5. The number of pyridine rings is 1. The van der Waals surface area contributed by atoms with E-state index in [1.807, 2.05) is 34.9 Å². The highest BCUT2D eigenvalue weighted by Gasteiger charge is 2.12. The van der Waals surface area contributed by atoms with Gasteiger partial charge in [-0.15, -0.1) is 0 Å². The monoisotopic (exact) mass is 348 g/mol. The van der Waals surface area contributed by atoms with Crippen LogP contribution in [0.5, 0.6) is 0 Å². The molecule has 3 aromatic heterocycles. The highest BCUT2D eigenvalue weighted by Crippen LogP contribution is 2.18. The third kappa shape index (κ3) is 3.07. The molecule has 1 amide bonds. The van der Waals surface area contributed by atoms with Crippen LogP contribution in [-0.4, -0.2) is 27.6 Å². The lowest BCUT2D eigenvalue weighted by molar-refractivity contribution is 0.0987. The first-order chi connectivity index (χ1) is 12.7. The average molecular weight is 348 g/mol. The Labute approximate surface area is 149 Å². The quantitative estimate of drug-likeness (QED) is 0.598. The number of ether oxygens (including phenoxy) is 1. The number of amides is 1. The number of carbonyl (C=O) groups is 1. The Morgan fingerprint density at radius 3 is 2.85 bits per heavy atom. The van der Waals surface area contributed by atoms with Gasteiger partial charge in [-0.05, 0) is 36.4 Å². The number of nitrogens with one attached hydrogen (secondary N) is 1. The van der Waals surface area contributed by atoms with E-state index in [1.54, 1.807) is 37.8 Å². The minimum atomic E-state index is -0.338. The molecule has 0 aliphatic rings. The van der Waals surface area contributed by atoms with Crippen LogP contribution in [0.15, 0.2) is 65.5 Å². The zero-order chi connectivity index (χ0) is 17.9. The fourth-order valence-corrected chi connectivity index (χ4v) is 2.66. The van der Waals surface area contributed by atoms with E-state index in [2.05, 4.69) is 15.3 Å². The van der Waals surface area contributed by atoms with Gasteiger partial charge in [-0.1, -0.05) is 12.1 Å². The molecule has 3 heterocycles. The summed E-state index contributed by atoms with van der Waals surface area (Å²) < 4.78 is 12.3. The number of rotatable bonds is 5. The SMILES string of the molecule is COCc1ccc(C(=O)Nc2ccc(-n3cnc4ccccc43)nc2)o1. The number of para-hydroxylation sites is 2. The molecule has 0 atom stereocenters. The van der Waals surface area contributed by atoms with Crippen LogP contribution in [0.3, 0.4) is 0 Å². The van der Waals surface area contributed by atoms with Crippen molar-refractivity contribution in [2.75, 3.05) is 12.4 Å². The van der Waals surface area contributed by atoms with E-state index >= 15 is 0 Å². The predicted molar refractivity (Wildman–Crippen MR) is 96.2 cm³/mol. The molecule has 0 saturated carbocycles. The number of furan rings is 1. The number of fused-ring (bicyclic) bond motifs is 1. The van der Waals surface area contributed by atoms with E-state index in [1.165, 1.54) is 0 Å². The highest BCUT2D eigenvalue weighted by molar-refractivity contribution is 6.02. The summed E-state index contributed by atoms with van der Waals surface area (Å²) in [5.74, 6) is 1.20. The second kappa shape index (κ2) is 6.81. The third-order valence-corrected chi connectivity index (χ3v) is 3.88. The van der Waals surface area contributed by atoms with Gasteiger partial charge in [-0.3, -0.25) is 9.36 Å². The summed E-state index contributed by atoms with van der Waals surface area (Å²) >= 11 is 0. The molecule has 0 bridgehead atoms. The van der Waals surface area contributed by atoms with Crippen molar-refractivity contribution in [2.24, 2.45) is 0 Å². The Hall–Kier alpha value is -3.45. The number of aromatic nitrogens is 3. The van der Waals surface area contributed by atoms with Crippen molar-refractivity contribution in [3.05, 3.63) is 72.6 Å². The number of imidazole rings is 1. The number of benzene rings is 1. The number of hydrogen-bond donors (Lipinski definition) is 1. The Kier molecular flexibility index (Phi) is 4.20. The first kappa shape index (κ1) is 16.0. The first-order valence-electron chi connectivity index (χ1n) is 8.02. The van der Waals surface area contributed by atoms with E-state index in [0.29, 0.717) is 18.1 Å². The molecule has 1 N–H and O–H groups in total. The second-order valence-corrected chi connectivity index (χ2v) is 5.66. The van der Waals surface area contributed by atoms with Gasteiger partial charge in [0.25, 0.3) is 5.91 Å². The summed E-state index contributed by atoms with van der Waals surface area (Å²) in [7, 11) is 1.57. The lowest BCUT2D eigenvalue weighted by Crippen LogP contribution is -2.11. The molecule has 0 radical (unpaired) electrons. The van der Waals surface area contributed by atoms with Crippen LogP contribution in [0.2, 0.25) is 0 Å². The van der Waals surface area contributed by atoms with Gasteiger partial charge in [0.15, 0.2) is 5.76 Å². The highest BCUT2D eigenvalue weighted by atomic mass is 16.5. The van der Waals surface area contributed by atoms with Crippen LogP contribution in [0, 0.1) is 0 Å². The molecule has 4 aromatic rings. The number of nitrogens with zero attached hydrogens (tertiary/aromatic N) is 3. The van der Waals surface area contributed by atoms with Gasteiger partial charge in [-0.2, -0.15) is 0 Å². The van der Waals surface area contributed by atoms with E-state index < -0.39 is 0 Å².